The van der Waals surface area contributed by atoms with Gasteiger partial charge in [-0.25, -0.2) is 4.79 Å². The highest BCUT2D eigenvalue weighted by Gasteiger charge is 2.08. The van der Waals surface area contributed by atoms with E-state index in [0.29, 0.717) is 17.7 Å². The van der Waals surface area contributed by atoms with Gasteiger partial charge in [-0.3, -0.25) is 4.79 Å². The van der Waals surface area contributed by atoms with E-state index in [1.807, 2.05) is 12.1 Å². The van der Waals surface area contributed by atoms with Crippen molar-refractivity contribution in [3.05, 3.63) is 50.6 Å². The molecule has 0 aliphatic rings. The second kappa shape index (κ2) is 6.67. The van der Waals surface area contributed by atoms with Gasteiger partial charge in [0.25, 0.3) is 0 Å². The molecule has 1 amide bonds. The van der Waals surface area contributed by atoms with Gasteiger partial charge in [-0.15, -0.1) is 11.3 Å². The Labute approximate surface area is 128 Å². The summed E-state index contributed by atoms with van der Waals surface area (Å²) in [5.41, 5.74) is 1.10. The van der Waals surface area contributed by atoms with Crippen molar-refractivity contribution in [2.45, 2.75) is 6.42 Å². The molecule has 0 aliphatic heterocycles. The van der Waals surface area contributed by atoms with Gasteiger partial charge in [0.2, 0.25) is 5.91 Å². The van der Waals surface area contributed by atoms with Gasteiger partial charge in [0.1, 0.15) is 0 Å². The fourth-order valence-corrected chi connectivity index (χ4v) is 3.10. The van der Waals surface area contributed by atoms with Crippen LogP contribution in [-0.2, 0) is 16.0 Å². The first-order valence-electron chi connectivity index (χ1n) is 5.81. The van der Waals surface area contributed by atoms with Crippen LogP contribution in [0, 0.1) is 0 Å². The summed E-state index contributed by atoms with van der Waals surface area (Å²) >= 11 is 4.89. The molecule has 0 saturated carbocycles. The molecular formula is C14H12BrNO3S. The highest BCUT2D eigenvalue weighted by atomic mass is 79.9. The Morgan fingerprint density at radius 3 is 2.45 bits per heavy atom. The van der Waals surface area contributed by atoms with Crippen LogP contribution in [0.3, 0.4) is 0 Å². The summed E-state index contributed by atoms with van der Waals surface area (Å²) in [4.78, 5) is 24.1. The maximum atomic E-state index is 11.9. The first kappa shape index (κ1) is 14.7. The lowest BCUT2D eigenvalue weighted by Gasteiger charge is -2.05. The number of amides is 1. The fraction of sp³-hybridized carbons (Fsp3) is 0.143. The summed E-state index contributed by atoms with van der Waals surface area (Å²) < 4.78 is 5.61. The number of methoxy groups -OCH3 is 1. The molecular weight excluding hydrogens is 342 g/mol. The number of hydrogen-bond acceptors (Lipinski definition) is 4. The smallest absolute Gasteiger partial charge is 0.337 e. The Balaban J connectivity index is 1.96. The van der Waals surface area contributed by atoms with E-state index in [1.54, 1.807) is 24.3 Å². The van der Waals surface area contributed by atoms with Gasteiger partial charge < -0.3 is 10.1 Å². The lowest BCUT2D eigenvalue weighted by molar-refractivity contribution is -0.115. The Bertz CT molecular complexity index is 622. The molecule has 2 rings (SSSR count). The predicted molar refractivity (Wildman–Crippen MR) is 82.1 cm³/mol. The number of anilines is 1. The normalized spacial score (nSPS) is 10.1. The van der Waals surface area contributed by atoms with Crippen molar-refractivity contribution in [1.82, 2.24) is 0 Å². The van der Waals surface area contributed by atoms with Gasteiger partial charge in [0.15, 0.2) is 0 Å². The zero-order valence-corrected chi connectivity index (χ0v) is 13.1. The van der Waals surface area contributed by atoms with E-state index in [0.717, 1.165) is 8.66 Å². The van der Waals surface area contributed by atoms with E-state index >= 15 is 0 Å². The van der Waals surface area contributed by atoms with Crippen LogP contribution >= 0.6 is 27.3 Å². The SMILES string of the molecule is COC(=O)c1ccc(NC(=O)Cc2ccc(Br)s2)cc1. The number of esters is 1. The van der Waals surface area contributed by atoms with Crippen molar-refractivity contribution in [3.63, 3.8) is 0 Å². The monoisotopic (exact) mass is 353 g/mol. The number of carbonyl (C=O) groups excluding carboxylic acids is 2. The van der Waals surface area contributed by atoms with Crippen LogP contribution < -0.4 is 5.32 Å². The van der Waals surface area contributed by atoms with E-state index in [1.165, 1.54) is 18.4 Å². The van der Waals surface area contributed by atoms with Crippen LogP contribution in [0.2, 0.25) is 0 Å². The minimum Gasteiger partial charge on any atom is -0.465 e. The van der Waals surface area contributed by atoms with E-state index < -0.39 is 5.97 Å². The van der Waals surface area contributed by atoms with Gasteiger partial charge in [0.05, 0.1) is 22.9 Å². The number of carbonyl (C=O) groups is 2. The molecule has 1 N–H and O–H groups in total. The number of ether oxygens (including phenoxy) is 1. The largest absolute Gasteiger partial charge is 0.465 e. The van der Waals surface area contributed by atoms with Gasteiger partial charge in [-0.05, 0) is 52.3 Å². The summed E-state index contributed by atoms with van der Waals surface area (Å²) in [7, 11) is 1.33. The number of halogens is 1. The Hall–Kier alpha value is -1.66. The van der Waals surface area contributed by atoms with Crippen molar-refractivity contribution < 1.29 is 14.3 Å². The zero-order chi connectivity index (χ0) is 14.5. The van der Waals surface area contributed by atoms with Crippen molar-refractivity contribution in [2.24, 2.45) is 0 Å². The van der Waals surface area contributed by atoms with Gasteiger partial charge in [-0.1, -0.05) is 0 Å². The molecule has 2 aromatic rings. The fourth-order valence-electron chi connectivity index (χ4n) is 1.62. The molecule has 0 radical (unpaired) electrons. The first-order valence-corrected chi connectivity index (χ1v) is 7.42. The molecule has 104 valence electrons. The van der Waals surface area contributed by atoms with Crippen molar-refractivity contribution in [3.8, 4) is 0 Å². The average Bonchev–Trinajstić information content (AvgIpc) is 2.84. The third-order valence-electron chi connectivity index (χ3n) is 2.55. The van der Waals surface area contributed by atoms with Gasteiger partial charge in [-0.2, -0.15) is 0 Å². The summed E-state index contributed by atoms with van der Waals surface area (Å²) in [5, 5.41) is 2.78. The lowest BCUT2D eigenvalue weighted by atomic mass is 10.2. The number of hydrogen-bond donors (Lipinski definition) is 1. The molecule has 0 bridgehead atoms. The number of rotatable bonds is 4. The lowest BCUT2D eigenvalue weighted by Crippen LogP contribution is -2.13. The van der Waals surface area contributed by atoms with Crippen LogP contribution in [0.4, 0.5) is 5.69 Å². The third kappa shape index (κ3) is 3.91. The van der Waals surface area contributed by atoms with E-state index in [4.69, 9.17) is 0 Å². The molecule has 0 atom stereocenters. The van der Waals surface area contributed by atoms with Crippen LogP contribution in [0.5, 0.6) is 0 Å². The first-order chi connectivity index (χ1) is 9.58. The standard InChI is InChI=1S/C14H12BrNO3S/c1-19-14(18)9-2-4-10(5-3-9)16-13(17)8-11-6-7-12(15)20-11/h2-7H,8H2,1H3,(H,16,17). The van der Waals surface area contributed by atoms with Crippen molar-refractivity contribution in [2.75, 3.05) is 12.4 Å². The maximum Gasteiger partial charge on any atom is 0.337 e. The topological polar surface area (TPSA) is 55.4 Å². The van der Waals surface area contributed by atoms with E-state index in [9.17, 15) is 9.59 Å². The molecule has 20 heavy (non-hydrogen) atoms. The zero-order valence-electron chi connectivity index (χ0n) is 10.7. The molecule has 0 fully saturated rings. The molecule has 0 saturated heterocycles. The number of benzene rings is 1. The van der Waals surface area contributed by atoms with Crippen LogP contribution in [0.15, 0.2) is 40.2 Å². The van der Waals surface area contributed by atoms with Gasteiger partial charge >= 0.3 is 5.97 Å². The molecule has 1 aromatic carbocycles. The highest BCUT2D eigenvalue weighted by molar-refractivity contribution is 9.11. The van der Waals surface area contributed by atoms with Crippen LogP contribution in [0.1, 0.15) is 15.2 Å². The molecule has 4 nitrogen and oxygen atoms in total. The quantitative estimate of drug-likeness (QED) is 0.856. The summed E-state index contributed by atoms with van der Waals surface area (Å²) in [6.45, 7) is 0. The molecule has 0 unspecified atom stereocenters. The van der Waals surface area contributed by atoms with E-state index in [2.05, 4.69) is 26.0 Å². The van der Waals surface area contributed by atoms with Gasteiger partial charge in [0, 0.05) is 10.6 Å². The summed E-state index contributed by atoms with van der Waals surface area (Å²) in [5.74, 6) is -0.489. The minimum absolute atomic E-state index is 0.0924. The highest BCUT2D eigenvalue weighted by Crippen LogP contribution is 2.22. The second-order valence-electron chi connectivity index (χ2n) is 4.00. The number of nitrogens with one attached hydrogen (secondary N) is 1. The summed E-state index contributed by atoms with van der Waals surface area (Å²) in [6, 6.07) is 10.4. The Morgan fingerprint density at radius 1 is 1.20 bits per heavy atom. The molecule has 6 heteroatoms. The molecule has 1 aromatic heterocycles. The Morgan fingerprint density at radius 2 is 1.90 bits per heavy atom. The summed E-state index contributed by atoms with van der Waals surface area (Å²) in [6.07, 6.45) is 0.328. The Kier molecular flexibility index (Phi) is 4.92. The van der Waals surface area contributed by atoms with E-state index in [-0.39, 0.29) is 5.91 Å². The average molecular weight is 354 g/mol. The van der Waals surface area contributed by atoms with Crippen molar-refractivity contribution in [1.29, 1.82) is 0 Å². The molecule has 1 heterocycles. The number of thiophene rings is 1. The minimum atomic E-state index is -0.397. The molecule has 0 spiro atoms. The molecule has 0 aliphatic carbocycles. The van der Waals surface area contributed by atoms with Crippen LogP contribution in [-0.4, -0.2) is 19.0 Å². The second-order valence-corrected chi connectivity index (χ2v) is 6.55. The third-order valence-corrected chi connectivity index (χ3v) is 4.18. The predicted octanol–water partition coefficient (Wildman–Crippen LogP) is 3.48. The van der Waals surface area contributed by atoms with Crippen LogP contribution in [0.25, 0.3) is 0 Å². The maximum absolute atomic E-state index is 11.9. The van der Waals surface area contributed by atoms with Crippen molar-refractivity contribution >= 4 is 44.8 Å².